The van der Waals surface area contributed by atoms with Gasteiger partial charge in [0.25, 0.3) is 10.0 Å². The Morgan fingerprint density at radius 3 is 2.30 bits per heavy atom. The van der Waals surface area contributed by atoms with E-state index in [0.717, 1.165) is 4.31 Å². The van der Waals surface area contributed by atoms with Gasteiger partial charge in [0.1, 0.15) is 12.3 Å². The van der Waals surface area contributed by atoms with Crippen molar-refractivity contribution in [1.29, 1.82) is 0 Å². The van der Waals surface area contributed by atoms with Gasteiger partial charge in [-0.15, -0.1) is 0 Å². The number of para-hydroxylation sites is 1. The van der Waals surface area contributed by atoms with Crippen LogP contribution in [0.15, 0.2) is 59.5 Å². The first-order valence-corrected chi connectivity index (χ1v) is 9.90. The number of carbonyl (C=O) groups is 1. The minimum atomic E-state index is -3.92. The van der Waals surface area contributed by atoms with Crippen LogP contribution in [0.25, 0.3) is 0 Å². The molecule has 27 heavy (non-hydrogen) atoms. The van der Waals surface area contributed by atoms with Crippen LogP contribution >= 0.6 is 0 Å². The fourth-order valence-corrected chi connectivity index (χ4v) is 3.84. The van der Waals surface area contributed by atoms with Crippen molar-refractivity contribution in [3.05, 3.63) is 54.6 Å². The maximum Gasteiger partial charge on any atom is 0.264 e. The number of hydrogen-bond donors (Lipinski definition) is 1. The molecule has 1 N–H and O–H groups in total. The van der Waals surface area contributed by atoms with Crippen LogP contribution in [-0.4, -0.2) is 48.2 Å². The van der Waals surface area contributed by atoms with Crippen LogP contribution in [0.3, 0.4) is 0 Å². The molecule has 0 unspecified atom stereocenters. The van der Waals surface area contributed by atoms with Gasteiger partial charge in [0.05, 0.1) is 17.7 Å². The van der Waals surface area contributed by atoms with Crippen LogP contribution in [-0.2, 0) is 19.6 Å². The third kappa shape index (κ3) is 5.70. The fraction of sp³-hybridized carbons (Fsp3) is 0.316. The molecule has 2 aromatic rings. The van der Waals surface area contributed by atoms with Crippen LogP contribution in [0.2, 0.25) is 0 Å². The number of rotatable bonds is 10. The fourth-order valence-electron chi connectivity index (χ4n) is 2.41. The van der Waals surface area contributed by atoms with Gasteiger partial charge in [-0.1, -0.05) is 18.2 Å². The lowest BCUT2D eigenvalue weighted by molar-refractivity contribution is -0.119. The Morgan fingerprint density at radius 2 is 1.70 bits per heavy atom. The van der Waals surface area contributed by atoms with Crippen LogP contribution in [0.4, 0.5) is 5.69 Å². The summed E-state index contributed by atoms with van der Waals surface area (Å²) in [5, 5.41) is 2.71. The molecular formula is C19H24N2O5S. The van der Waals surface area contributed by atoms with Crippen molar-refractivity contribution in [2.24, 2.45) is 0 Å². The van der Waals surface area contributed by atoms with Crippen molar-refractivity contribution in [1.82, 2.24) is 5.32 Å². The molecule has 1 amide bonds. The molecule has 0 saturated heterocycles. The highest BCUT2D eigenvalue weighted by molar-refractivity contribution is 7.92. The summed E-state index contributed by atoms with van der Waals surface area (Å²) >= 11 is 0. The molecule has 0 bridgehead atoms. The van der Waals surface area contributed by atoms with E-state index in [9.17, 15) is 13.2 Å². The first kappa shape index (κ1) is 20.7. The van der Waals surface area contributed by atoms with Crippen LogP contribution < -0.4 is 14.4 Å². The summed E-state index contributed by atoms with van der Waals surface area (Å²) < 4.78 is 37.4. The standard InChI is InChI=1S/C19H24N2O5S/c1-25-14-6-13-20-19(22)15-21(16-7-4-3-5-8-16)27(23,24)18-11-9-17(26-2)10-12-18/h3-5,7-12H,6,13-15H2,1-2H3,(H,20,22). The molecule has 0 fully saturated rings. The highest BCUT2D eigenvalue weighted by atomic mass is 32.2. The quantitative estimate of drug-likeness (QED) is 0.626. The molecule has 0 aliphatic carbocycles. The first-order valence-electron chi connectivity index (χ1n) is 8.46. The topological polar surface area (TPSA) is 84.9 Å². The number of methoxy groups -OCH3 is 2. The molecule has 146 valence electrons. The zero-order valence-electron chi connectivity index (χ0n) is 15.4. The van der Waals surface area contributed by atoms with Crippen molar-refractivity contribution in [3.8, 4) is 5.75 Å². The molecular weight excluding hydrogens is 368 g/mol. The van der Waals surface area contributed by atoms with Gasteiger partial charge < -0.3 is 14.8 Å². The Balaban J connectivity index is 2.25. The van der Waals surface area contributed by atoms with Gasteiger partial charge in [-0.2, -0.15) is 0 Å². The van der Waals surface area contributed by atoms with Crippen molar-refractivity contribution in [2.45, 2.75) is 11.3 Å². The van der Waals surface area contributed by atoms with E-state index in [1.54, 1.807) is 49.6 Å². The molecule has 0 aromatic heterocycles. The lowest BCUT2D eigenvalue weighted by Gasteiger charge is -2.24. The molecule has 7 nitrogen and oxygen atoms in total. The van der Waals surface area contributed by atoms with Gasteiger partial charge in [0.2, 0.25) is 5.91 Å². The molecule has 0 saturated carbocycles. The van der Waals surface area contributed by atoms with E-state index in [2.05, 4.69) is 5.32 Å². The number of carbonyl (C=O) groups excluding carboxylic acids is 1. The summed E-state index contributed by atoms with van der Waals surface area (Å²) in [7, 11) is -0.826. The molecule has 0 spiro atoms. The number of sulfonamides is 1. The number of ether oxygens (including phenoxy) is 2. The van der Waals surface area contributed by atoms with E-state index in [1.807, 2.05) is 0 Å². The minimum absolute atomic E-state index is 0.0827. The molecule has 0 atom stereocenters. The summed E-state index contributed by atoms with van der Waals surface area (Å²) in [6.07, 6.45) is 0.652. The molecule has 2 aromatic carbocycles. The average Bonchev–Trinajstić information content (AvgIpc) is 2.70. The maximum atomic E-state index is 13.1. The van der Waals surface area contributed by atoms with E-state index < -0.39 is 10.0 Å². The van der Waals surface area contributed by atoms with Crippen LogP contribution in [0.1, 0.15) is 6.42 Å². The highest BCUT2D eigenvalue weighted by Gasteiger charge is 2.27. The predicted octanol–water partition coefficient (Wildman–Crippen LogP) is 2.04. The second-order valence-electron chi connectivity index (χ2n) is 5.72. The van der Waals surface area contributed by atoms with Crippen molar-refractivity contribution in [2.75, 3.05) is 38.2 Å². The average molecular weight is 392 g/mol. The Morgan fingerprint density at radius 1 is 1.04 bits per heavy atom. The van der Waals surface area contributed by atoms with E-state index in [-0.39, 0.29) is 17.3 Å². The normalized spacial score (nSPS) is 11.0. The molecule has 2 rings (SSSR count). The Labute approximate surface area is 160 Å². The Bertz CT molecular complexity index is 823. The van der Waals surface area contributed by atoms with E-state index >= 15 is 0 Å². The summed E-state index contributed by atoms with van der Waals surface area (Å²) in [6, 6.07) is 14.6. The molecule has 0 heterocycles. The van der Waals surface area contributed by atoms with E-state index in [0.29, 0.717) is 31.0 Å². The van der Waals surface area contributed by atoms with Crippen LogP contribution in [0.5, 0.6) is 5.75 Å². The van der Waals surface area contributed by atoms with Crippen molar-refractivity contribution >= 4 is 21.6 Å². The van der Waals surface area contributed by atoms with Crippen molar-refractivity contribution < 1.29 is 22.7 Å². The van der Waals surface area contributed by atoms with Gasteiger partial charge in [-0.25, -0.2) is 8.42 Å². The second-order valence-corrected chi connectivity index (χ2v) is 7.58. The van der Waals surface area contributed by atoms with E-state index in [1.165, 1.54) is 19.2 Å². The summed E-state index contributed by atoms with van der Waals surface area (Å²) in [4.78, 5) is 12.4. The number of nitrogens with one attached hydrogen (secondary N) is 1. The number of anilines is 1. The molecule has 0 radical (unpaired) electrons. The zero-order chi connectivity index (χ0) is 19.7. The van der Waals surface area contributed by atoms with Gasteiger partial charge in [0, 0.05) is 20.3 Å². The van der Waals surface area contributed by atoms with E-state index in [4.69, 9.17) is 9.47 Å². The lowest BCUT2D eigenvalue weighted by atomic mass is 10.3. The maximum absolute atomic E-state index is 13.1. The van der Waals surface area contributed by atoms with Gasteiger partial charge in [0.15, 0.2) is 0 Å². The van der Waals surface area contributed by atoms with Crippen LogP contribution in [0, 0.1) is 0 Å². The zero-order valence-corrected chi connectivity index (χ0v) is 16.2. The number of hydrogen-bond acceptors (Lipinski definition) is 5. The third-order valence-corrected chi connectivity index (χ3v) is 5.61. The molecule has 0 aliphatic rings. The Kier molecular flexibility index (Phi) is 7.63. The number of nitrogens with zero attached hydrogens (tertiary/aromatic N) is 1. The van der Waals surface area contributed by atoms with Gasteiger partial charge in [-0.05, 0) is 42.8 Å². The van der Waals surface area contributed by atoms with Gasteiger partial charge >= 0.3 is 0 Å². The number of benzene rings is 2. The number of amides is 1. The Hall–Kier alpha value is -2.58. The molecule has 8 heteroatoms. The third-order valence-electron chi connectivity index (χ3n) is 3.83. The lowest BCUT2D eigenvalue weighted by Crippen LogP contribution is -2.41. The molecule has 0 aliphatic heterocycles. The predicted molar refractivity (Wildman–Crippen MR) is 103 cm³/mol. The monoisotopic (exact) mass is 392 g/mol. The smallest absolute Gasteiger partial charge is 0.264 e. The summed E-state index contributed by atoms with van der Waals surface area (Å²) in [5.41, 5.74) is 0.417. The summed E-state index contributed by atoms with van der Waals surface area (Å²) in [5.74, 6) is 0.170. The highest BCUT2D eigenvalue weighted by Crippen LogP contribution is 2.24. The minimum Gasteiger partial charge on any atom is -0.497 e. The van der Waals surface area contributed by atoms with Gasteiger partial charge in [-0.3, -0.25) is 9.10 Å². The second kappa shape index (κ2) is 9.94. The first-order chi connectivity index (χ1) is 13.0. The van der Waals surface area contributed by atoms with Crippen molar-refractivity contribution in [3.63, 3.8) is 0 Å². The largest absolute Gasteiger partial charge is 0.497 e. The summed E-state index contributed by atoms with van der Waals surface area (Å²) in [6.45, 7) is 0.621. The SMILES string of the molecule is COCCCNC(=O)CN(c1ccccc1)S(=O)(=O)c1ccc(OC)cc1.